The second-order valence-corrected chi connectivity index (χ2v) is 9.10. The Bertz CT molecular complexity index is 957. The summed E-state index contributed by atoms with van der Waals surface area (Å²) in [4.78, 5) is 0. The lowest BCUT2D eigenvalue weighted by Gasteiger charge is -2.26. The molecule has 36 heavy (non-hydrogen) atoms. The van der Waals surface area contributed by atoms with Crippen LogP contribution in [0.4, 0.5) is 0 Å². The molecular weight excluding hydrogens is 464 g/mol. The lowest BCUT2D eigenvalue weighted by Crippen LogP contribution is -2.26. The number of hydrogen-bond acceptors (Lipinski definition) is 8. The molecule has 8 nitrogen and oxygen atoms in total. The molecule has 0 amide bonds. The van der Waals surface area contributed by atoms with E-state index in [0.29, 0.717) is 11.5 Å². The van der Waals surface area contributed by atoms with Crippen LogP contribution < -0.4 is 9.47 Å². The van der Waals surface area contributed by atoms with Gasteiger partial charge in [0.25, 0.3) is 0 Å². The summed E-state index contributed by atoms with van der Waals surface area (Å²) in [7, 11) is 0. The van der Waals surface area contributed by atoms with Gasteiger partial charge in [-0.3, -0.25) is 0 Å². The highest BCUT2D eigenvalue weighted by Crippen LogP contribution is 2.33. The Hall–Kier alpha value is -2.72. The molecule has 1 saturated heterocycles. The second-order valence-electron chi connectivity index (χ2n) is 9.10. The van der Waals surface area contributed by atoms with Crippen LogP contribution in [0.5, 0.6) is 11.5 Å². The van der Waals surface area contributed by atoms with E-state index in [9.17, 15) is 15.3 Å². The minimum Gasteiger partial charge on any atom is -0.491 e. The molecule has 3 N–H and O–H groups in total. The van der Waals surface area contributed by atoms with Gasteiger partial charge in [-0.05, 0) is 41.5 Å². The molecule has 2 aromatic carbocycles. The molecule has 1 aliphatic heterocycles. The van der Waals surface area contributed by atoms with Crippen LogP contribution in [0.2, 0.25) is 0 Å². The van der Waals surface area contributed by atoms with E-state index in [2.05, 4.69) is 27.0 Å². The first-order valence-corrected chi connectivity index (χ1v) is 11.9. The van der Waals surface area contributed by atoms with Crippen LogP contribution in [0.1, 0.15) is 25.0 Å². The maximum Gasteiger partial charge on any atom is 0.188 e. The summed E-state index contributed by atoms with van der Waals surface area (Å²) in [5, 5.41) is 29.3. The predicted molar refractivity (Wildman–Crippen MR) is 135 cm³/mol. The highest BCUT2D eigenvalue weighted by molar-refractivity contribution is 5.41. The van der Waals surface area contributed by atoms with Crippen LogP contribution in [0.25, 0.3) is 0 Å². The highest BCUT2D eigenvalue weighted by atomic mass is 16.8. The number of benzene rings is 2. The summed E-state index contributed by atoms with van der Waals surface area (Å²) in [6, 6.07) is 15.5. The number of aliphatic hydroxyl groups excluding tert-OH is 3. The Labute approximate surface area is 212 Å². The number of aliphatic hydroxyl groups is 3. The summed E-state index contributed by atoms with van der Waals surface area (Å²) in [6.07, 6.45) is -0.245. The number of hydrogen-bond donors (Lipinski definition) is 3. The minimum absolute atomic E-state index is 0.0403. The van der Waals surface area contributed by atoms with E-state index in [1.54, 1.807) is 6.08 Å². The van der Waals surface area contributed by atoms with Crippen molar-refractivity contribution in [3.05, 3.63) is 85.0 Å². The van der Waals surface area contributed by atoms with E-state index in [0.717, 1.165) is 11.1 Å². The zero-order valence-corrected chi connectivity index (χ0v) is 20.8. The van der Waals surface area contributed by atoms with Crippen LogP contribution in [-0.4, -0.2) is 72.6 Å². The zero-order valence-electron chi connectivity index (χ0n) is 20.8. The molecule has 2 aromatic rings. The minimum atomic E-state index is -1.11. The van der Waals surface area contributed by atoms with Gasteiger partial charge in [-0.2, -0.15) is 0 Å². The molecule has 0 saturated carbocycles. The van der Waals surface area contributed by atoms with Gasteiger partial charge in [-0.15, -0.1) is 6.58 Å². The molecule has 5 atom stereocenters. The number of rotatable bonds is 16. The monoisotopic (exact) mass is 500 g/mol. The Morgan fingerprint density at radius 2 is 1.33 bits per heavy atom. The lowest BCUT2D eigenvalue weighted by molar-refractivity contribution is -0.0967. The fourth-order valence-corrected chi connectivity index (χ4v) is 3.48. The summed E-state index contributed by atoms with van der Waals surface area (Å²) >= 11 is 0. The van der Waals surface area contributed by atoms with Crippen molar-refractivity contribution in [2.24, 2.45) is 0 Å². The summed E-state index contributed by atoms with van der Waals surface area (Å²) < 4.78 is 26.9. The first-order chi connectivity index (χ1) is 17.2. The van der Waals surface area contributed by atoms with Gasteiger partial charge in [0, 0.05) is 5.41 Å². The van der Waals surface area contributed by atoms with Gasteiger partial charge in [0.15, 0.2) is 12.6 Å². The summed E-state index contributed by atoms with van der Waals surface area (Å²) in [5.41, 5.74) is 1.92. The molecule has 0 spiro atoms. The van der Waals surface area contributed by atoms with Crippen LogP contribution in [0, 0.1) is 0 Å². The van der Waals surface area contributed by atoms with Crippen molar-refractivity contribution in [1.29, 1.82) is 0 Å². The van der Waals surface area contributed by atoms with E-state index in [1.165, 1.54) is 6.08 Å². The van der Waals surface area contributed by atoms with Crippen LogP contribution >= 0.6 is 0 Å². The van der Waals surface area contributed by atoms with Crippen molar-refractivity contribution in [1.82, 2.24) is 0 Å². The zero-order chi connectivity index (χ0) is 26.1. The molecule has 1 fully saturated rings. The first-order valence-electron chi connectivity index (χ1n) is 11.9. The van der Waals surface area contributed by atoms with Gasteiger partial charge < -0.3 is 39.0 Å². The van der Waals surface area contributed by atoms with Crippen molar-refractivity contribution in [3.8, 4) is 11.5 Å². The van der Waals surface area contributed by atoms with E-state index >= 15 is 0 Å². The molecule has 8 heteroatoms. The Kier molecular flexibility index (Phi) is 10.1. The summed E-state index contributed by atoms with van der Waals surface area (Å²) in [6.45, 7) is 11.5. The lowest BCUT2D eigenvalue weighted by atomic mass is 9.78. The summed E-state index contributed by atoms with van der Waals surface area (Å²) in [5.74, 6) is 1.28. The van der Waals surface area contributed by atoms with E-state index in [-0.39, 0.29) is 44.2 Å². The molecule has 0 radical (unpaired) electrons. The average molecular weight is 501 g/mol. The molecule has 0 aromatic heterocycles. The molecule has 0 bridgehead atoms. The maximum absolute atomic E-state index is 10.1. The fraction of sp³-hybridized carbons (Fsp3) is 0.429. The number of ether oxygens (including phenoxy) is 5. The molecule has 0 aliphatic carbocycles. The highest BCUT2D eigenvalue weighted by Gasteiger charge is 2.37. The fourth-order valence-electron chi connectivity index (χ4n) is 3.48. The normalized spacial score (nSPS) is 19.7. The third kappa shape index (κ3) is 8.16. The first kappa shape index (κ1) is 27.9. The smallest absolute Gasteiger partial charge is 0.188 e. The molecule has 5 unspecified atom stereocenters. The maximum atomic E-state index is 10.1. The molecule has 196 valence electrons. The Morgan fingerprint density at radius 1 is 0.833 bits per heavy atom. The van der Waals surface area contributed by atoms with Crippen molar-refractivity contribution in [3.63, 3.8) is 0 Å². The molecule has 1 heterocycles. The van der Waals surface area contributed by atoms with Gasteiger partial charge >= 0.3 is 0 Å². The third-order valence-corrected chi connectivity index (χ3v) is 5.87. The largest absolute Gasteiger partial charge is 0.491 e. The Morgan fingerprint density at radius 3 is 1.78 bits per heavy atom. The SMILES string of the molecule is C=CC(O)OCC(O)COc1ccc(C(C)(C)c2ccc(OCC(O)COC3OC3C=C)cc2)cc1. The standard InChI is InChI=1S/C28H36O8/c1-5-25-27(36-25)35-18-22(30)16-33-24-13-9-20(10-14-24)28(3,4)19-7-11-23(12-8-19)32-15-21(29)17-34-26(31)6-2/h5-14,21-22,25-27,29-31H,1-2,15-18H2,3-4H3. The van der Waals surface area contributed by atoms with E-state index in [1.807, 2.05) is 48.5 Å². The number of epoxide rings is 1. The third-order valence-electron chi connectivity index (χ3n) is 5.87. The van der Waals surface area contributed by atoms with Gasteiger partial charge in [0.1, 0.15) is 43.0 Å². The van der Waals surface area contributed by atoms with Crippen molar-refractivity contribution >= 4 is 0 Å². The predicted octanol–water partition coefficient (Wildman–Crippen LogP) is 2.94. The Balaban J connectivity index is 1.46. The topological polar surface area (TPSA) is 110 Å². The van der Waals surface area contributed by atoms with Crippen LogP contribution in [0.3, 0.4) is 0 Å². The van der Waals surface area contributed by atoms with Crippen molar-refractivity contribution < 1.29 is 39.0 Å². The molecular formula is C28H36O8. The average Bonchev–Trinajstić information content (AvgIpc) is 3.67. The van der Waals surface area contributed by atoms with Crippen molar-refractivity contribution in [2.45, 2.75) is 50.2 Å². The van der Waals surface area contributed by atoms with Crippen LogP contribution in [0.15, 0.2) is 73.8 Å². The van der Waals surface area contributed by atoms with Gasteiger partial charge in [-0.25, -0.2) is 0 Å². The van der Waals surface area contributed by atoms with Crippen LogP contribution in [-0.2, 0) is 19.6 Å². The molecule has 1 aliphatic rings. The quantitative estimate of drug-likeness (QED) is 0.183. The van der Waals surface area contributed by atoms with Crippen molar-refractivity contribution in [2.75, 3.05) is 26.4 Å². The van der Waals surface area contributed by atoms with E-state index < -0.39 is 18.5 Å². The van der Waals surface area contributed by atoms with E-state index in [4.69, 9.17) is 23.7 Å². The second kappa shape index (κ2) is 13.0. The van der Waals surface area contributed by atoms with Gasteiger partial charge in [0.2, 0.25) is 0 Å². The van der Waals surface area contributed by atoms with Gasteiger partial charge in [0.05, 0.1) is 13.2 Å². The molecule has 3 rings (SSSR count). The van der Waals surface area contributed by atoms with Gasteiger partial charge in [-0.1, -0.05) is 50.8 Å².